The lowest BCUT2D eigenvalue weighted by atomic mass is 10.2. The van der Waals surface area contributed by atoms with Gasteiger partial charge >= 0.3 is 0 Å². The summed E-state index contributed by atoms with van der Waals surface area (Å²) in [6.07, 6.45) is 0. The Balaban J connectivity index is 2.39. The van der Waals surface area contributed by atoms with Gasteiger partial charge < -0.3 is 11.5 Å². The van der Waals surface area contributed by atoms with Gasteiger partial charge in [-0.15, -0.1) is 0 Å². The molecule has 1 aromatic heterocycles. The minimum Gasteiger partial charge on any atom is -0.399 e. The largest absolute Gasteiger partial charge is 0.399 e. The van der Waals surface area contributed by atoms with Gasteiger partial charge in [0.05, 0.1) is 6.54 Å². The molecular weight excluding hydrogens is 178 g/mol. The van der Waals surface area contributed by atoms with Crippen LogP contribution in [0.4, 0.5) is 5.69 Å². The first-order chi connectivity index (χ1) is 6.79. The van der Waals surface area contributed by atoms with Gasteiger partial charge in [-0.25, -0.2) is 4.98 Å². The zero-order valence-electron chi connectivity index (χ0n) is 7.57. The van der Waals surface area contributed by atoms with Crippen LogP contribution in [0.25, 0.3) is 11.4 Å². The Kier molecular flexibility index (Phi) is 2.16. The van der Waals surface area contributed by atoms with Gasteiger partial charge in [0.15, 0.2) is 5.82 Å². The van der Waals surface area contributed by atoms with Crippen molar-refractivity contribution in [2.45, 2.75) is 6.54 Å². The molecule has 72 valence electrons. The van der Waals surface area contributed by atoms with Crippen LogP contribution in [0.2, 0.25) is 0 Å². The topological polar surface area (TPSA) is 93.6 Å². The minimum atomic E-state index is 0.356. The second-order valence-corrected chi connectivity index (χ2v) is 2.94. The molecule has 2 rings (SSSR count). The molecule has 0 amide bonds. The average molecular weight is 189 g/mol. The first-order valence-electron chi connectivity index (χ1n) is 4.27. The minimum absolute atomic E-state index is 0.356. The third-order valence-corrected chi connectivity index (χ3v) is 1.87. The summed E-state index contributed by atoms with van der Waals surface area (Å²) in [7, 11) is 0. The lowest BCUT2D eigenvalue weighted by molar-refractivity contribution is 0.917. The van der Waals surface area contributed by atoms with Gasteiger partial charge in [-0.2, -0.15) is 5.10 Å². The smallest absolute Gasteiger partial charge is 0.181 e. The Bertz CT molecular complexity index is 434. The summed E-state index contributed by atoms with van der Waals surface area (Å²) in [5.74, 6) is 1.29. The molecule has 0 aliphatic rings. The van der Waals surface area contributed by atoms with E-state index in [0.717, 1.165) is 5.56 Å². The molecule has 1 aromatic carbocycles. The number of aromatic nitrogens is 3. The standard InChI is InChI=1S/C9H11N5/c10-5-8-12-9(14-13-8)6-2-1-3-7(11)4-6/h1-4H,5,10-11H2,(H,12,13,14). The van der Waals surface area contributed by atoms with Gasteiger partial charge in [0, 0.05) is 11.3 Å². The third kappa shape index (κ3) is 1.57. The molecular formula is C9H11N5. The number of nitrogens with two attached hydrogens (primary N) is 2. The number of hydrogen-bond donors (Lipinski definition) is 3. The number of H-pyrrole nitrogens is 1. The van der Waals surface area contributed by atoms with E-state index in [-0.39, 0.29) is 0 Å². The zero-order chi connectivity index (χ0) is 9.97. The van der Waals surface area contributed by atoms with Crippen LogP contribution in [0.15, 0.2) is 24.3 Å². The quantitative estimate of drug-likeness (QED) is 0.600. The Morgan fingerprint density at radius 1 is 1.36 bits per heavy atom. The zero-order valence-corrected chi connectivity index (χ0v) is 7.57. The van der Waals surface area contributed by atoms with Crippen molar-refractivity contribution in [3.05, 3.63) is 30.1 Å². The van der Waals surface area contributed by atoms with Crippen molar-refractivity contribution in [1.82, 2.24) is 15.2 Å². The van der Waals surface area contributed by atoms with E-state index < -0.39 is 0 Å². The Hall–Kier alpha value is -1.88. The second kappa shape index (κ2) is 3.47. The summed E-state index contributed by atoms with van der Waals surface area (Å²) in [6.45, 7) is 0.356. The first kappa shape index (κ1) is 8.71. The molecule has 0 saturated carbocycles. The molecule has 1 heterocycles. The molecule has 5 N–H and O–H groups in total. The van der Waals surface area contributed by atoms with Crippen molar-refractivity contribution in [2.24, 2.45) is 5.73 Å². The van der Waals surface area contributed by atoms with E-state index in [4.69, 9.17) is 11.5 Å². The SMILES string of the molecule is NCc1nc(-c2cccc(N)c2)n[nH]1. The van der Waals surface area contributed by atoms with E-state index in [9.17, 15) is 0 Å². The summed E-state index contributed by atoms with van der Waals surface area (Å²) >= 11 is 0. The maximum Gasteiger partial charge on any atom is 0.181 e. The number of rotatable bonds is 2. The van der Waals surface area contributed by atoms with Crippen molar-refractivity contribution >= 4 is 5.69 Å². The summed E-state index contributed by atoms with van der Waals surface area (Å²) in [5.41, 5.74) is 12.6. The maximum atomic E-state index is 5.64. The van der Waals surface area contributed by atoms with Crippen molar-refractivity contribution in [3.8, 4) is 11.4 Å². The van der Waals surface area contributed by atoms with Crippen molar-refractivity contribution in [2.75, 3.05) is 5.73 Å². The fourth-order valence-electron chi connectivity index (χ4n) is 1.19. The molecule has 0 bridgehead atoms. The highest BCUT2D eigenvalue weighted by atomic mass is 15.2. The highest BCUT2D eigenvalue weighted by Crippen LogP contribution is 2.16. The van der Waals surface area contributed by atoms with Crippen LogP contribution < -0.4 is 11.5 Å². The molecule has 0 aliphatic carbocycles. The summed E-state index contributed by atoms with van der Waals surface area (Å²) in [6, 6.07) is 7.41. The van der Waals surface area contributed by atoms with E-state index in [1.807, 2.05) is 24.3 Å². The third-order valence-electron chi connectivity index (χ3n) is 1.87. The van der Waals surface area contributed by atoms with E-state index in [1.165, 1.54) is 0 Å². The molecule has 5 heteroatoms. The number of nitrogen functional groups attached to an aromatic ring is 1. The maximum absolute atomic E-state index is 5.64. The van der Waals surface area contributed by atoms with Crippen LogP contribution in [0.3, 0.4) is 0 Å². The van der Waals surface area contributed by atoms with Gasteiger partial charge in [-0.3, -0.25) is 5.10 Å². The number of benzene rings is 1. The molecule has 5 nitrogen and oxygen atoms in total. The number of anilines is 1. The van der Waals surface area contributed by atoms with Crippen molar-refractivity contribution < 1.29 is 0 Å². The summed E-state index contributed by atoms with van der Waals surface area (Å²) in [4.78, 5) is 4.19. The molecule has 0 saturated heterocycles. The van der Waals surface area contributed by atoms with Crippen molar-refractivity contribution in [3.63, 3.8) is 0 Å². The average Bonchev–Trinajstić information content (AvgIpc) is 2.66. The Morgan fingerprint density at radius 2 is 2.21 bits per heavy atom. The Morgan fingerprint density at radius 3 is 2.86 bits per heavy atom. The fourth-order valence-corrected chi connectivity index (χ4v) is 1.19. The highest BCUT2D eigenvalue weighted by molar-refractivity contribution is 5.60. The van der Waals surface area contributed by atoms with E-state index in [0.29, 0.717) is 23.9 Å². The predicted octanol–water partition coefficient (Wildman–Crippen LogP) is 0.513. The number of hydrogen-bond acceptors (Lipinski definition) is 4. The van der Waals surface area contributed by atoms with Gasteiger partial charge in [-0.1, -0.05) is 12.1 Å². The molecule has 0 atom stereocenters. The fraction of sp³-hybridized carbons (Fsp3) is 0.111. The molecule has 0 aliphatic heterocycles. The van der Waals surface area contributed by atoms with E-state index >= 15 is 0 Å². The van der Waals surface area contributed by atoms with Crippen molar-refractivity contribution in [1.29, 1.82) is 0 Å². The van der Waals surface area contributed by atoms with E-state index in [1.54, 1.807) is 0 Å². The highest BCUT2D eigenvalue weighted by Gasteiger charge is 2.04. The van der Waals surface area contributed by atoms with E-state index in [2.05, 4.69) is 15.2 Å². The molecule has 0 unspecified atom stereocenters. The van der Waals surface area contributed by atoms with Crippen LogP contribution in [0.5, 0.6) is 0 Å². The van der Waals surface area contributed by atoms with Gasteiger partial charge in [0.1, 0.15) is 5.82 Å². The lowest BCUT2D eigenvalue weighted by Crippen LogP contribution is -1.97. The van der Waals surface area contributed by atoms with Gasteiger partial charge in [0.25, 0.3) is 0 Å². The molecule has 14 heavy (non-hydrogen) atoms. The predicted molar refractivity (Wildman–Crippen MR) is 54.1 cm³/mol. The van der Waals surface area contributed by atoms with Crippen LogP contribution in [-0.2, 0) is 6.54 Å². The number of aromatic amines is 1. The van der Waals surface area contributed by atoms with Crippen LogP contribution >= 0.6 is 0 Å². The van der Waals surface area contributed by atoms with Crippen LogP contribution in [-0.4, -0.2) is 15.2 Å². The van der Waals surface area contributed by atoms with Crippen LogP contribution in [0.1, 0.15) is 5.82 Å². The van der Waals surface area contributed by atoms with Crippen LogP contribution in [0, 0.1) is 0 Å². The Labute approximate surface area is 81.2 Å². The molecule has 0 spiro atoms. The lowest BCUT2D eigenvalue weighted by Gasteiger charge is -1.95. The molecule has 2 aromatic rings. The van der Waals surface area contributed by atoms with Gasteiger partial charge in [-0.05, 0) is 12.1 Å². The van der Waals surface area contributed by atoms with Gasteiger partial charge in [0.2, 0.25) is 0 Å². The monoisotopic (exact) mass is 189 g/mol. The molecule has 0 radical (unpaired) electrons. The molecule has 0 fully saturated rings. The first-order valence-corrected chi connectivity index (χ1v) is 4.27. The number of nitrogens with one attached hydrogen (secondary N) is 1. The summed E-state index contributed by atoms with van der Waals surface area (Å²) < 4.78 is 0. The normalized spacial score (nSPS) is 10.4. The summed E-state index contributed by atoms with van der Waals surface area (Å²) in [5, 5.41) is 6.77. The second-order valence-electron chi connectivity index (χ2n) is 2.94. The number of nitrogens with zero attached hydrogens (tertiary/aromatic N) is 2.